The molecule has 3 aliphatic heterocycles. The number of benzene rings is 1. The minimum absolute atomic E-state index is 0.0132. The number of hydrogen-bond acceptors (Lipinski definition) is 10. The summed E-state index contributed by atoms with van der Waals surface area (Å²) < 4.78 is 38.6. The smallest absolute Gasteiger partial charge is 0.311 e. The Balaban J connectivity index is 1.40. The predicted octanol–water partition coefficient (Wildman–Crippen LogP) is -0.380. The van der Waals surface area contributed by atoms with Crippen LogP contribution in [0.15, 0.2) is 23.0 Å². The maximum atomic E-state index is 13.8. The number of aromatic nitrogens is 2. The fourth-order valence-electron chi connectivity index (χ4n) is 6.67. The van der Waals surface area contributed by atoms with E-state index in [2.05, 4.69) is 25.8 Å². The molecule has 6 rings (SSSR count). The zero-order chi connectivity index (χ0) is 34.1. The van der Waals surface area contributed by atoms with Crippen LogP contribution in [0.1, 0.15) is 53.1 Å². The van der Waals surface area contributed by atoms with Crippen molar-refractivity contribution in [1.29, 1.82) is 0 Å². The van der Waals surface area contributed by atoms with Crippen LogP contribution in [0.25, 0.3) is 0 Å². The molecule has 1 saturated carbocycles. The van der Waals surface area contributed by atoms with E-state index in [1.54, 1.807) is 13.0 Å². The lowest BCUT2D eigenvalue weighted by Gasteiger charge is -2.42. The monoisotopic (exact) mass is 675 g/mol. The maximum absolute atomic E-state index is 13.8. The zero-order valence-electron chi connectivity index (χ0n) is 26.9. The highest BCUT2D eigenvalue weighted by Crippen LogP contribution is 2.49. The SMILES string of the molecule is Cc1cc(CNC(=O)c2nc3n(c(=O)c2O)CC2(CNCCN4CCS(=O)(=O)CC4)CCC3(NC(=O)C(=O)N(C)C)CC2)ccc1F. The van der Waals surface area contributed by atoms with E-state index in [-0.39, 0.29) is 36.2 Å². The number of halogens is 1. The average molecular weight is 676 g/mol. The first-order valence-corrected chi connectivity index (χ1v) is 17.5. The molecular weight excluding hydrogens is 633 g/mol. The molecule has 2 fully saturated rings. The third kappa shape index (κ3) is 7.33. The summed E-state index contributed by atoms with van der Waals surface area (Å²) in [5.74, 6) is -3.33. The number of amides is 3. The Kier molecular flexibility index (Phi) is 9.76. The maximum Gasteiger partial charge on any atom is 0.311 e. The lowest BCUT2D eigenvalue weighted by Crippen LogP contribution is -2.54. The minimum Gasteiger partial charge on any atom is -0.501 e. The lowest BCUT2D eigenvalue weighted by atomic mass is 9.68. The van der Waals surface area contributed by atoms with E-state index in [1.165, 1.54) is 30.8 Å². The molecule has 47 heavy (non-hydrogen) atoms. The minimum atomic E-state index is -2.98. The van der Waals surface area contributed by atoms with Gasteiger partial charge in [-0.1, -0.05) is 12.1 Å². The van der Waals surface area contributed by atoms with Crippen LogP contribution in [0.3, 0.4) is 0 Å². The standard InChI is InChI=1S/C31H42FN7O7S/c1-20-16-21(4-5-22(20)32)17-34-25(41)23-24(40)27(43)39-19-30(18-33-10-11-38-12-14-47(45,46)15-13-38)6-8-31(9-7-30,29(39)35-23)36-26(42)28(44)37(2)3/h4-5,16,33,40H,6-15,17-19H2,1-3H3,(H,34,41)(H,36,42). The molecule has 4 N–H and O–H groups in total. The van der Waals surface area contributed by atoms with Crippen molar-refractivity contribution in [1.82, 2.24) is 35.3 Å². The Morgan fingerprint density at radius 1 is 1.11 bits per heavy atom. The molecule has 14 nitrogen and oxygen atoms in total. The molecule has 3 amide bonds. The van der Waals surface area contributed by atoms with Crippen LogP contribution in [0, 0.1) is 18.2 Å². The number of sulfone groups is 1. The number of carbonyl (C=O) groups is 3. The van der Waals surface area contributed by atoms with Crippen molar-refractivity contribution in [3.05, 3.63) is 57.0 Å². The lowest BCUT2D eigenvalue weighted by molar-refractivity contribution is -0.145. The highest BCUT2D eigenvalue weighted by Gasteiger charge is 2.52. The highest BCUT2D eigenvalue weighted by atomic mass is 32.2. The molecular formula is C31H42FN7O7S. The second-order valence-corrected chi connectivity index (χ2v) is 15.5. The summed E-state index contributed by atoms with van der Waals surface area (Å²) in [4.78, 5) is 60.5. The third-order valence-corrected chi connectivity index (χ3v) is 11.2. The molecule has 2 aromatic rings. The number of nitrogens with zero attached hydrogens (tertiary/aromatic N) is 4. The second-order valence-electron chi connectivity index (χ2n) is 13.2. The largest absolute Gasteiger partial charge is 0.501 e. The van der Waals surface area contributed by atoms with Gasteiger partial charge in [-0.2, -0.15) is 0 Å². The van der Waals surface area contributed by atoms with Crippen LogP contribution < -0.4 is 21.5 Å². The molecule has 1 aliphatic carbocycles. The highest BCUT2D eigenvalue weighted by molar-refractivity contribution is 7.91. The quantitative estimate of drug-likeness (QED) is 0.202. The van der Waals surface area contributed by atoms with Gasteiger partial charge in [-0.15, -0.1) is 0 Å². The number of fused-ring (bicyclic) bond motifs is 2. The number of nitrogens with one attached hydrogen (secondary N) is 3. The summed E-state index contributed by atoms with van der Waals surface area (Å²) in [6.07, 6.45) is 1.76. The molecule has 0 atom stereocenters. The Hall–Kier alpha value is -3.89. The number of aryl methyl sites for hydroxylation is 1. The molecule has 4 aliphatic rings. The van der Waals surface area contributed by atoms with Gasteiger partial charge in [0.05, 0.1) is 17.0 Å². The first kappa shape index (κ1) is 34.4. The van der Waals surface area contributed by atoms with Crippen molar-refractivity contribution in [2.75, 3.05) is 58.3 Å². The van der Waals surface area contributed by atoms with E-state index >= 15 is 0 Å². The van der Waals surface area contributed by atoms with Gasteiger partial charge in [-0.25, -0.2) is 17.8 Å². The summed E-state index contributed by atoms with van der Waals surface area (Å²) in [5.41, 5.74) is -2.05. The van der Waals surface area contributed by atoms with Gasteiger partial charge < -0.3 is 30.9 Å². The number of hydrogen-bond donors (Lipinski definition) is 4. The van der Waals surface area contributed by atoms with E-state index in [0.717, 1.165) is 4.90 Å². The zero-order valence-corrected chi connectivity index (χ0v) is 27.7. The van der Waals surface area contributed by atoms with Gasteiger partial charge in [0.15, 0.2) is 15.5 Å². The molecule has 16 heteroatoms. The van der Waals surface area contributed by atoms with E-state index in [0.29, 0.717) is 69.5 Å². The van der Waals surface area contributed by atoms with Crippen LogP contribution in [0.5, 0.6) is 5.75 Å². The number of aromatic hydroxyl groups is 1. The predicted molar refractivity (Wildman–Crippen MR) is 170 cm³/mol. The first-order valence-electron chi connectivity index (χ1n) is 15.7. The Bertz CT molecular complexity index is 1720. The molecule has 2 bridgehead atoms. The molecule has 1 saturated heterocycles. The summed E-state index contributed by atoms with van der Waals surface area (Å²) in [6.45, 7) is 4.47. The fraction of sp³-hybridized carbons (Fsp3) is 0.581. The van der Waals surface area contributed by atoms with Crippen LogP contribution in [0.4, 0.5) is 4.39 Å². The Morgan fingerprint density at radius 2 is 1.79 bits per heavy atom. The molecule has 4 heterocycles. The molecule has 256 valence electrons. The van der Waals surface area contributed by atoms with Gasteiger partial charge in [-0.3, -0.25) is 23.7 Å². The van der Waals surface area contributed by atoms with E-state index in [1.807, 2.05) is 0 Å². The Morgan fingerprint density at radius 3 is 2.43 bits per heavy atom. The van der Waals surface area contributed by atoms with Crippen LogP contribution in [-0.2, 0) is 38.1 Å². The van der Waals surface area contributed by atoms with Crippen molar-refractivity contribution in [2.45, 2.75) is 51.2 Å². The first-order chi connectivity index (χ1) is 22.1. The molecule has 1 aromatic carbocycles. The topological polar surface area (TPSA) is 183 Å². The molecule has 0 spiro atoms. The van der Waals surface area contributed by atoms with Gasteiger partial charge in [0.2, 0.25) is 5.75 Å². The summed E-state index contributed by atoms with van der Waals surface area (Å²) in [7, 11) is -0.0740. The third-order valence-electron chi connectivity index (χ3n) is 9.62. The summed E-state index contributed by atoms with van der Waals surface area (Å²) in [5, 5.41) is 19.9. The van der Waals surface area contributed by atoms with Crippen LogP contribution in [0.2, 0.25) is 0 Å². The van der Waals surface area contributed by atoms with E-state index in [9.17, 15) is 37.1 Å². The molecule has 0 radical (unpaired) electrons. The average Bonchev–Trinajstić information content (AvgIpc) is 3.24. The molecule has 1 aromatic heterocycles. The van der Waals surface area contributed by atoms with Gasteiger partial charge >= 0.3 is 11.8 Å². The number of rotatable bonds is 9. The normalized spacial score (nSPS) is 23.4. The number of carbonyl (C=O) groups excluding carboxylic acids is 3. The number of likely N-dealkylation sites (N-methyl/N-ethyl adjacent to an activating group) is 1. The second kappa shape index (κ2) is 13.3. The van der Waals surface area contributed by atoms with Gasteiger partial charge in [0.25, 0.3) is 11.5 Å². The van der Waals surface area contributed by atoms with Gasteiger partial charge in [-0.05, 0) is 49.8 Å². The Labute approximate surface area is 272 Å². The summed E-state index contributed by atoms with van der Waals surface area (Å²) >= 11 is 0. The van der Waals surface area contributed by atoms with Crippen molar-refractivity contribution in [3.8, 4) is 5.75 Å². The van der Waals surface area contributed by atoms with Crippen molar-refractivity contribution >= 4 is 27.6 Å². The van der Waals surface area contributed by atoms with Crippen molar-refractivity contribution in [2.24, 2.45) is 5.41 Å². The van der Waals surface area contributed by atoms with Gasteiger partial charge in [0, 0.05) is 65.3 Å². The van der Waals surface area contributed by atoms with Gasteiger partial charge in [0.1, 0.15) is 11.6 Å². The fourth-order valence-corrected chi connectivity index (χ4v) is 7.95. The summed E-state index contributed by atoms with van der Waals surface area (Å²) in [6, 6.07) is 4.37. The molecule has 0 unspecified atom stereocenters. The van der Waals surface area contributed by atoms with Crippen molar-refractivity contribution < 1.29 is 32.3 Å². The van der Waals surface area contributed by atoms with E-state index in [4.69, 9.17) is 0 Å². The van der Waals surface area contributed by atoms with Crippen molar-refractivity contribution in [3.63, 3.8) is 0 Å². The van der Waals surface area contributed by atoms with Crippen LogP contribution >= 0.6 is 0 Å². The van der Waals surface area contributed by atoms with Crippen LogP contribution in [-0.4, -0.2) is 109 Å². The van der Waals surface area contributed by atoms with E-state index < -0.39 is 55.5 Å².